The van der Waals surface area contributed by atoms with Gasteiger partial charge in [0.1, 0.15) is 0 Å². The SMILES string of the molecule is O=C(CN1CCN(C(=O)c2ccc(Cl)cc2Cl)CC1)NC(=O)Nc1ccc2c(c1)OCO2. The second-order valence-electron chi connectivity index (χ2n) is 7.26. The van der Waals surface area contributed by atoms with E-state index in [0.717, 1.165) is 0 Å². The zero-order chi connectivity index (χ0) is 22.7. The van der Waals surface area contributed by atoms with Crippen molar-refractivity contribution in [1.82, 2.24) is 15.1 Å². The van der Waals surface area contributed by atoms with Gasteiger partial charge in [-0.15, -0.1) is 0 Å². The van der Waals surface area contributed by atoms with E-state index < -0.39 is 11.9 Å². The fraction of sp³-hybridized carbons (Fsp3) is 0.286. The number of benzene rings is 2. The van der Waals surface area contributed by atoms with E-state index in [0.29, 0.717) is 59.0 Å². The van der Waals surface area contributed by atoms with Gasteiger partial charge in [0, 0.05) is 43.0 Å². The maximum absolute atomic E-state index is 12.7. The lowest BCUT2D eigenvalue weighted by Gasteiger charge is -2.34. The first kappa shape index (κ1) is 22.2. The normalized spacial score (nSPS) is 15.4. The molecule has 0 aromatic heterocycles. The van der Waals surface area contributed by atoms with Crippen molar-refractivity contribution < 1.29 is 23.9 Å². The minimum absolute atomic E-state index is 0.0400. The highest BCUT2D eigenvalue weighted by Crippen LogP contribution is 2.34. The quantitative estimate of drug-likeness (QED) is 0.700. The minimum atomic E-state index is -0.639. The van der Waals surface area contributed by atoms with Gasteiger partial charge in [-0.05, 0) is 30.3 Å². The Labute approximate surface area is 194 Å². The molecule has 2 heterocycles. The number of fused-ring (bicyclic) bond motifs is 1. The van der Waals surface area contributed by atoms with Crippen molar-refractivity contribution in [2.75, 3.05) is 44.8 Å². The van der Waals surface area contributed by atoms with Gasteiger partial charge in [0.05, 0.1) is 17.1 Å². The first-order chi connectivity index (χ1) is 15.4. The molecule has 1 fully saturated rings. The van der Waals surface area contributed by atoms with Crippen molar-refractivity contribution in [3.8, 4) is 11.5 Å². The Morgan fingerprint density at radius 2 is 1.69 bits per heavy atom. The molecule has 2 aliphatic heterocycles. The molecule has 4 rings (SSSR count). The fourth-order valence-corrected chi connectivity index (χ4v) is 3.94. The number of ether oxygens (including phenoxy) is 2. The summed E-state index contributed by atoms with van der Waals surface area (Å²) in [4.78, 5) is 40.6. The number of amides is 4. The van der Waals surface area contributed by atoms with Crippen LogP contribution >= 0.6 is 23.2 Å². The number of piperazine rings is 1. The van der Waals surface area contributed by atoms with E-state index in [1.54, 1.807) is 35.2 Å². The molecule has 0 bridgehead atoms. The summed E-state index contributed by atoms with van der Waals surface area (Å²) in [7, 11) is 0. The summed E-state index contributed by atoms with van der Waals surface area (Å²) in [6.07, 6.45) is 0. The number of imide groups is 1. The van der Waals surface area contributed by atoms with Crippen molar-refractivity contribution in [3.05, 3.63) is 52.0 Å². The lowest BCUT2D eigenvalue weighted by Crippen LogP contribution is -2.51. The van der Waals surface area contributed by atoms with E-state index in [4.69, 9.17) is 32.7 Å². The highest BCUT2D eigenvalue weighted by atomic mass is 35.5. The first-order valence-corrected chi connectivity index (χ1v) is 10.6. The molecule has 9 nitrogen and oxygen atoms in total. The zero-order valence-electron chi connectivity index (χ0n) is 16.9. The van der Waals surface area contributed by atoms with Crippen LogP contribution in [0, 0.1) is 0 Å². The lowest BCUT2D eigenvalue weighted by molar-refractivity contribution is -0.121. The van der Waals surface area contributed by atoms with Gasteiger partial charge in [-0.3, -0.25) is 19.8 Å². The largest absolute Gasteiger partial charge is 0.454 e. The second-order valence-corrected chi connectivity index (χ2v) is 8.11. The Morgan fingerprint density at radius 1 is 0.938 bits per heavy atom. The van der Waals surface area contributed by atoms with Crippen molar-refractivity contribution >= 4 is 46.7 Å². The van der Waals surface area contributed by atoms with E-state index in [9.17, 15) is 14.4 Å². The summed E-state index contributed by atoms with van der Waals surface area (Å²) >= 11 is 12.0. The first-order valence-electron chi connectivity index (χ1n) is 9.86. The Bertz CT molecular complexity index is 1060. The van der Waals surface area contributed by atoms with Crippen molar-refractivity contribution in [2.24, 2.45) is 0 Å². The number of anilines is 1. The monoisotopic (exact) mass is 478 g/mol. The van der Waals surface area contributed by atoms with E-state index in [1.165, 1.54) is 6.07 Å². The molecule has 0 unspecified atom stereocenters. The molecule has 1 saturated heterocycles. The third kappa shape index (κ3) is 5.24. The van der Waals surface area contributed by atoms with Gasteiger partial charge in [0.2, 0.25) is 12.7 Å². The van der Waals surface area contributed by atoms with Crippen LogP contribution in [0.25, 0.3) is 0 Å². The summed E-state index contributed by atoms with van der Waals surface area (Å²) < 4.78 is 10.5. The van der Waals surface area contributed by atoms with Gasteiger partial charge in [0.25, 0.3) is 5.91 Å². The van der Waals surface area contributed by atoms with Crippen LogP contribution in [0.4, 0.5) is 10.5 Å². The fourth-order valence-electron chi connectivity index (χ4n) is 3.45. The standard InChI is InChI=1S/C21H20Cl2N4O5/c22-13-1-3-15(16(23)9-13)20(29)27-7-5-26(6-8-27)11-19(28)25-21(30)24-14-2-4-17-18(10-14)32-12-31-17/h1-4,9-10H,5-8,11-12H2,(H2,24,25,28,30). The number of urea groups is 1. The van der Waals surface area contributed by atoms with Crippen LogP contribution in [0.15, 0.2) is 36.4 Å². The molecular weight excluding hydrogens is 459 g/mol. The molecular formula is C21H20Cl2N4O5. The molecule has 0 aliphatic carbocycles. The molecule has 0 saturated carbocycles. The highest BCUT2D eigenvalue weighted by molar-refractivity contribution is 6.36. The maximum Gasteiger partial charge on any atom is 0.325 e. The van der Waals surface area contributed by atoms with Gasteiger partial charge in [0.15, 0.2) is 11.5 Å². The second kappa shape index (κ2) is 9.64. The third-order valence-electron chi connectivity index (χ3n) is 5.07. The Balaban J connectivity index is 1.23. The van der Waals surface area contributed by atoms with Gasteiger partial charge in [-0.25, -0.2) is 4.79 Å². The Hall–Kier alpha value is -3.01. The average molecular weight is 479 g/mol. The molecule has 168 valence electrons. The zero-order valence-corrected chi connectivity index (χ0v) is 18.4. The van der Waals surface area contributed by atoms with Crippen LogP contribution in [0.1, 0.15) is 10.4 Å². The summed E-state index contributed by atoms with van der Waals surface area (Å²) in [6, 6.07) is 9.07. The van der Waals surface area contributed by atoms with Crippen molar-refractivity contribution in [3.63, 3.8) is 0 Å². The predicted molar refractivity (Wildman–Crippen MR) is 119 cm³/mol. The number of hydrogen-bond acceptors (Lipinski definition) is 6. The van der Waals surface area contributed by atoms with Gasteiger partial charge < -0.3 is 19.7 Å². The van der Waals surface area contributed by atoms with Gasteiger partial charge in [-0.2, -0.15) is 0 Å². The van der Waals surface area contributed by atoms with Crippen LogP contribution in [0.3, 0.4) is 0 Å². The summed E-state index contributed by atoms with van der Waals surface area (Å²) in [6.45, 7) is 2.04. The molecule has 2 aliphatic rings. The Morgan fingerprint density at radius 3 is 2.44 bits per heavy atom. The number of carbonyl (C=O) groups is 3. The van der Waals surface area contributed by atoms with E-state index in [1.807, 2.05) is 4.90 Å². The number of halogens is 2. The molecule has 0 atom stereocenters. The predicted octanol–water partition coefficient (Wildman–Crippen LogP) is 2.83. The van der Waals surface area contributed by atoms with Crippen LogP contribution in [-0.2, 0) is 4.79 Å². The lowest BCUT2D eigenvalue weighted by atomic mass is 10.2. The minimum Gasteiger partial charge on any atom is -0.454 e. The third-order valence-corrected chi connectivity index (χ3v) is 5.62. The molecule has 32 heavy (non-hydrogen) atoms. The number of hydrogen-bond donors (Lipinski definition) is 2. The van der Waals surface area contributed by atoms with E-state index in [2.05, 4.69) is 10.6 Å². The van der Waals surface area contributed by atoms with Gasteiger partial charge in [-0.1, -0.05) is 23.2 Å². The van der Waals surface area contributed by atoms with Crippen LogP contribution < -0.4 is 20.1 Å². The Kier molecular flexibility index (Phi) is 6.69. The number of nitrogens with one attached hydrogen (secondary N) is 2. The summed E-state index contributed by atoms with van der Waals surface area (Å²) in [5.41, 5.74) is 0.870. The molecule has 2 N–H and O–H groups in total. The van der Waals surface area contributed by atoms with E-state index in [-0.39, 0.29) is 19.2 Å². The molecule has 4 amide bonds. The molecule has 11 heteroatoms. The molecule has 0 radical (unpaired) electrons. The van der Waals surface area contributed by atoms with E-state index >= 15 is 0 Å². The average Bonchev–Trinajstić information content (AvgIpc) is 3.21. The van der Waals surface area contributed by atoms with Crippen LogP contribution in [0.2, 0.25) is 10.0 Å². The summed E-state index contributed by atoms with van der Waals surface area (Å²) in [5, 5.41) is 5.66. The molecule has 2 aromatic carbocycles. The van der Waals surface area contributed by atoms with Crippen LogP contribution in [-0.4, -0.2) is 67.2 Å². The molecule has 0 spiro atoms. The topological polar surface area (TPSA) is 100 Å². The smallest absolute Gasteiger partial charge is 0.325 e. The van der Waals surface area contributed by atoms with Crippen molar-refractivity contribution in [2.45, 2.75) is 0 Å². The number of nitrogens with zero attached hydrogens (tertiary/aromatic N) is 2. The number of rotatable bonds is 4. The highest BCUT2D eigenvalue weighted by Gasteiger charge is 2.25. The van der Waals surface area contributed by atoms with Crippen molar-refractivity contribution in [1.29, 1.82) is 0 Å². The maximum atomic E-state index is 12.7. The summed E-state index contributed by atoms with van der Waals surface area (Å²) in [5.74, 6) is 0.507. The van der Waals surface area contributed by atoms with Crippen LogP contribution in [0.5, 0.6) is 11.5 Å². The molecule has 2 aromatic rings. The van der Waals surface area contributed by atoms with Gasteiger partial charge >= 0.3 is 6.03 Å². The number of carbonyl (C=O) groups excluding carboxylic acids is 3.